The first-order chi connectivity index (χ1) is 17.0. The summed E-state index contributed by atoms with van der Waals surface area (Å²) in [5, 5.41) is 0.903. The van der Waals surface area contributed by atoms with Gasteiger partial charge in [0, 0.05) is 67.7 Å². The van der Waals surface area contributed by atoms with Crippen LogP contribution >= 0.6 is 0 Å². The highest BCUT2D eigenvalue weighted by molar-refractivity contribution is 7.93. The Morgan fingerprint density at radius 2 is 2.11 bits per heavy atom. The third-order valence-electron chi connectivity index (χ3n) is 6.30. The number of hydrogen-bond donors (Lipinski definition) is 1. The standard InChI is InChI=1S/C23H29N7O4S/c1-16-14-34-10-7-30(16)20-13-19(28-35(32)11-8-29(9-12-35)21(31)15-33-2)26-23(27-20)18-4-6-25-22-17(18)3-5-24-22/h3-6,13,16H,7-12,14-15H2,1-2H3,(H,24,25)/t16-/m1/s1. The molecule has 0 aliphatic carbocycles. The van der Waals surface area contributed by atoms with Crippen LogP contribution in [0.3, 0.4) is 0 Å². The van der Waals surface area contributed by atoms with E-state index in [-0.39, 0.29) is 18.6 Å². The van der Waals surface area contributed by atoms with Crippen LogP contribution in [-0.4, -0.2) is 99.1 Å². The maximum absolute atomic E-state index is 13.6. The zero-order valence-electron chi connectivity index (χ0n) is 19.8. The Balaban J connectivity index is 1.54. The fourth-order valence-electron chi connectivity index (χ4n) is 4.41. The molecule has 35 heavy (non-hydrogen) atoms. The molecule has 186 valence electrons. The number of ether oxygens (including phenoxy) is 2. The van der Waals surface area contributed by atoms with E-state index < -0.39 is 9.73 Å². The molecule has 2 fully saturated rings. The second kappa shape index (κ2) is 9.88. The van der Waals surface area contributed by atoms with E-state index >= 15 is 0 Å². The molecule has 0 saturated carbocycles. The molecule has 2 aliphatic heterocycles. The lowest BCUT2D eigenvalue weighted by Gasteiger charge is -2.34. The van der Waals surface area contributed by atoms with Crippen molar-refractivity contribution in [3.8, 4) is 11.4 Å². The number of hydrogen-bond acceptors (Lipinski definition) is 9. The molecule has 12 heteroatoms. The minimum Gasteiger partial charge on any atom is -0.377 e. The Kier molecular flexibility index (Phi) is 6.67. The van der Waals surface area contributed by atoms with Gasteiger partial charge in [0.05, 0.1) is 29.0 Å². The molecular formula is C23H29N7O4S. The van der Waals surface area contributed by atoms with E-state index in [9.17, 15) is 9.00 Å². The van der Waals surface area contributed by atoms with Crippen molar-refractivity contribution in [3.63, 3.8) is 0 Å². The van der Waals surface area contributed by atoms with Gasteiger partial charge >= 0.3 is 0 Å². The van der Waals surface area contributed by atoms with Gasteiger partial charge in [-0.05, 0) is 19.1 Å². The number of amides is 1. The van der Waals surface area contributed by atoms with Gasteiger partial charge in [0.15, 0.2) is 11.6 Å². The van der Waals surface area contributed by atoms with E-state index in [0.29, 0.717) is 56.0 Å². The summed E-state index contributed by atoms with van der Waals surface area (Å²) >= 11 is 0. The molecule has 0 radical (unpaired) electrons. The molecule has 0 unspecified atom stereocenters. The van der Waals surface area contributed by atoms with Crippen LogP contribution in [0, 0.1) is 0 Å². The van der Waals surface area contributed by atoms with Crippen molar-refractivity contribution in [2.45, 2.75) is 13.0 Å². The van der Waals surface area contributed by atoms with E-state index in [1.807, 2.05) is 18.3 Å². The highest BCUT2D eigenvalue weighted by Gasteiger charge is 2.26. The van der Waals surface area contributed by atoms with Crippen molar-refractivity contribution in [1.29, 1.82) is 0 Å². The van der Waals surface area contributed by atoms with Crippen molar-refractivity contribution in [2.75, 3.05) is 63.0 Å². The Bertz CT molecular complexity index is 1340. The number of aromatic nitrogens is 4. The Morgan fingerprint density at radius 1 is 1.29 bits per heavy atom. The lowest BCUT2D eigenvalue weighted by Crippen LogP contribution is -2.45. The van der Waals surface area contributed by atoms with Gasteiger partial charge in [0.2, 0.25) is 5.91 Å². The predicted octanol–water partition coefficient (Wildman–Crippen LogP) is 1.83. The van der Waals surface area contributed by atoms with E-state index in [4.69, 9.17) is 19.4 Å². The molecule has 5 rings (SSSR count). The Hall–Kier alpha value is -3.09. The number of carbonyl (C=O) groups is 1. The van der Waals surface area contributed by atoms with Crippen molar-refractivity contribution in [3.05, 3.63) is 30.6 Å². The smallest absolute Gasteiger partial charge is 0.248 e. The first-order valence-electron chi connectivity index (χ1n) is 11.6. The van der Waals surface area contributed by atoms with Crippen LogP contribution in [0.2, 0.25) is 0 Å². The van der Waals surface area contributed by atoms with Crippen molar-refractivity contribution < 1.29 is 18.5 Å². The van der Waals surface area contributed by atoms with Gasteiger partial charge in [-0.3, -0.25) is 4.79 Å². The molecule has 0 aromatic carbocycles. The van der Waals surface area contributed by atoms with E-state index in [2.05, 4.69) is 26.2 Å². The fraction of sp³-hybridized carbons (Fsp3) is 0.478. The number of nitrogens with zero attached hydrogens (tertiary/aromatic N) is 6. The summed E-state index contributed by atoms with van der Waals surface area (Å²) in [4.78, 5) is 33.1. The van der Waals surface area contributed by atoms with Gasteiger partial charge in [-0.25, -0.2) is 19.2 Å². The molecule has 1 atom stereocenters. The summed E-state index contributed by atoms with van der Waals surface area (Å²) in [6.45, 7) is 4.77. The molecule has 5 heterocycles. The molecule has 3 aromatic rings. The largest absolute Gasteiger partial charge is 0.377 e. The number of fused-ring (bicyclic) bond motifs is 1. The molecule has 0 spiro atoms. The zero-order valence-corrected chi connectivity index (χ0v) is 20.7. The number of anilines is 1. The lowest BCUT2D eigenvalue weighted by atomic mass is 10.1. The average molecular weight is 500 g/mol. The van der Waals surface area contributed by atoms with E-state index in [1.54, 1.807) is 17.2 Å². The maximum atomic E-state index is 13.6. The zero-order chi connectivity index (χ0) is 24.4. The highest BCUT2D eigenvalue weighted by atomic mass is 32.2. The summed E-state index contributed by atoms with van der Waals surface area (Å²) in [5.41, 5.74) is 1.57. The van der Waals surface area contributed by atoms with Crippen LogP contribution in [0.25, 0.3) is 22.4 Å². The Morgan fingerprint density at radius 3 is 2.89 bits per heavy atom. The van der Waals surface area contributed by atoms with Crippen molar-refractivity contribution in [2.24, 2.45) is 4.36 Å². The van der Waals surface area contributed by atoms with Gasteiger partial charge in [-0.1, -0.05) is 0 Å². The average Bonchev–Trinajstić information content (AvgIpc) is 3.33. The van der Waals surface area contributed by atoms with Crippen LogP contribution in [0.4, 0.5) is 11.6 Å². The third-order valence-corrected chi connectivity index (χ3v) is 8.46. The minimum atomic E-state index is -2.58. The monoisotopic (exact) mass is 499 g/mol. The van der Waals surface area contributed by atoms with Crippen LogP contribution in [0.1, 0.15) is 6.92 Å². The fourth-order valence-corrected chi connectivity index (χ4v) is 6.24. The molecule has 1 N–H and O–H groups in total. The number of rotatable bonds is 5. The number of aromatic amines is 1. The van der Waals surface area contributed by atoms with Crippen LogP contribution < -0.4 is 4.90 Å². The SMILES string of the molecule is COCC(=O)N1CCS(=O)(=Nc2cc(N3CCOC[C@H]3C)nc(-c3ccnc4[nH]ccc34)n2)CC1. The Labute approximate surface area is 204 Å². The summed E-state index contributed by atoms with van der Waals surface area (Å²) in [7, 11) is -1.09. The highest BCUT2D eigenvalue weighted by Crippen LogP contribution is 2.30. The number of methoxy groups -OCH3 is 1. The molecule has 11 nitrogen and oxygen atoms in total. The first-order valence-corrected chi connectivity index (χ1v) is 13.5. The maximum Gasteiger partial charge on any atom is 0.248 e. The summed E-state index contributed by atoms with van der Waals surface area (Å²) in [5.74, 6) is 2.09. The number of carbonyl (C=O) groups excluding carboxylic acids is 1. The number of pyridine rings is 1. The van der Waals surface area contributed by atoms with E-state index in [0.717, 1.165) is 22.4 Å². The van der Waals surface area contributed by atoms with Gasteiger partial charge in [-0.15, -0.1) is 0 Å². The number of morpholine rings is 1. The quantitative estimate of drug-likeness (QED) is 0.564. The molecule has 0 bridgehead atoms. The molecule has 2 aliphatic rings. The van der Waals surface area contributed by atoms with Gasteiger partial charge < -0.3 is 24.3 Å². The van der Waals surface area contributed by atoms with Crippen LogP contribution in [-0.2, 0) is 24.0 Å². The van der Waals surface area contributed by atoms with Crippen molar-refractivity contribution in [1.82, 2.24) is 24.8 Å². The number of nitrogens with one attached hydrogen (secondary N) is 1. The second-order valence-corrected chi connectivity index (χ2v) is 11.3. The predicted molar refractivity (Wildman–Crippen MR) is 133 cm³/mol. The molecule has 3 aromatic heterocycles. The molecule has 1 amide bonds. The second-order valence-electron chi connectivity index (χ2n) is 8.71. The first kappa shape index (κ1) is 23.6. The van der Waals surface area contributed by atoms with Gasteiger partial charge in [0.1, 0.15) is 18.1 Å². The summed E-state index contributed by atoms with van der Waals surface area (Å²) < 4.78 is 28.8. The summed E-state index contributed by atoms with van der Waals surface area (Å²) in [6, 6.07) is 5.75. The van der Waals surface area contributed by atoms with Crippen molar-refractivity contribution >= 4 is 38.3 Å². The van der Waals surface area contributed by atoms with E-state index in [1.165, 1.54) is 7.11 Å². The normalized spacial score (nSPS) is 20.2. The lowest BCUT2D eigenvalue weighted by molar-refractivity contribution is -0.134. The summed E-state index contributed by atoms with van der Waals surface area (Å²) in [6.07, 6.45) is 3.54. The van der Waals surface area contributed by atoms with Crippen LogP contribution in [0.5, 0.6) is 0 Å². The topological polar surface area (TPSA) is 126 Å². The van der Waals surface area contributed by atoms with Crippen LogP contribution in [0.15, 0.2) is 35.0 Å². The van der Waals surface area contributed by atoms with Gasteiger partial charge in [-0.2, -0.15) is 4.36 Å². The molecule has 2 saturated heterocycles. The third kappa shape index (κ3) is 5.00. The molecular weight excluding hydrogens is 470 g/mol. The van der Waals surface area contributed by atoms with Gasteiger partial charge in [0.25, 0.3) is 0 Å². The minimum absolute atomic E-state index is 0.0221. The number of H-pyrrole nitrogens is 1.